The zero-order valence-corrected chi connectivity index (χ0v) is 21.9. The molecule has 2 aromatic carbocycles. The van der Waals surface area contributed by atoms with Crippen molar-refractivity contribution in [2.45, 2.75) is 32.4 Å². The quantitative estimate of drug-likeness (QED) is 0.344. The van der Waals surface area contributed by atoms with Gasteiger partial charge < -0.3 is 24.1 Å². The summed E-state index contributed by atoms with van der Waals surface area (Å²) in [5.74, 6) is 1.39. The summed E-state index contributed by atoms with van der Waals surface area (Å²) < 4.78 is 16.6. The number of furan rings is 1. The van der Waals surface area contributed by atoms with Gasteiger partial charge in [-0.3, -0.25) is 4.79 Å². The molecule has 0 unspecified atom stereocenters. The molecule has 1 N–H and O–H groups in total. The normalized spacial score (nSPS) is 16.5. The van der Waals surface area contributed by atoms with E-state index < -0.39 is 12.0 Å². The lowest BCUT2D eigenvalue weighted by atomic mass is 9.92. The Balaban J connectivity index is 1.47. The molecule has 0 aliphatic carbocycles. The van der Waals surface area contributed by atoms with Crippen LogP contribution in [0.25, 0.3) is 0 Å². The Morgan fingerprint density at radius 3 is 2.63 bits per heavy atom. The van der Waals surface area contributed by atoms with E-state index >= 15 is 0 Å². The van der Waals surface area contributed by atoms with Crippen LogP contribution in [0.5, 0.6) is 11.5 Å². The number of amides is 1. The van der Waals surface area contributed by atoms with Crippen LogP contribution in [0.3, 0.4) is 0 Å². The van der Waals surface area contributed by atoms with Gasteiger partial charge in [0, 0.05) is 5.70 Å². The number of carbonyl (C=O) groups excluding carboxylic acids is 2. The number of para-hydroxylation sites is 1. The number of aliphatic imine (C=N–C) groups is 1. The van der Waals surface area contributed by atoms with Crippen LogP contribution in [-0.2, 0) is 20.9 Å². The minimum atomic E-state index is -0.539. The van der Waals surface area contributed by atoms with E-state index in [1.54, 1.807) is 18.4 Å². The molecule has 1 amide bonds. The lowest BCUT2D eigenvalue weighted by molar-refractivity contribution is -0.136. The van der Waals surface area contributed by atoms with Gasteiger partial charge in [0.25, 0.3) is 0 Å². The zero-order valence-electron chi connectivity index (χ0n) is 21.0. The minimum absolute atomic E-state index is 0.110. The third-order valence-electron chi connectivity index (χ3n) is 6.16. The Morgan fingerprint density at radius 1 is 1.08 bits per heavy atom. The summed E-state index contributed by atoms with van der Waals surface area (Å²) in [5, 5.41) is 5.51. The topological polar surface area (TPSA) is 93.4 Å². The molecule has 0 saturated heterocycles. The zero-order chi connectivity index (χ0) is 26.5. The Morgan fingerprint density at radius 2 is 1.89 bits per heavy atom. The maximum absolute atomic E-state index is 13.1. The smallest absolute Gasteiger partial charge is 0.338 e. The predicted octanol–water partition coefficient (Wildman–Crippen LogP) is 5.92. The number of amidine groups is 1. The van der Waals surface area contributed by atoms with Crippen LogP contribution in [0.1, 0.15) is 37.1 Å². The number of thioether (sulfide) groups is 1. The molecule has 0 fully saturated rings. The molecule has 38 heavy (non-hydrogen) atoms. The van der Waals surface area contributed by atoms with Crippen LogP contribution in [-0.4, -0.2) is 29.1 Å². The molecular formula is C29H27N3O5S. The molecule has 0 bridgehead atoms. The molecule has 194 valence electrons. The van der Waals surface area contributed by atoms with Crippen LogP contribution >= 0.6 is 11.8 Å². The first-order valence-corrected chi connectivity index (χ1v) is 13.1. The summed E-state index contributed by atoms with van der Waals surface area (Å²) in [6.45, 7) is 2.25. The number of methoxy groups -OCH3 is 1. The molecule has 2 aliphatic rings. The fourth-order valence-corrected chi connectivity index (χ4v) is 5.36. The first kappa shape index (κ1) is 25.4. The lowest BCUT2D eigenvalue weighted by Crippen LogP contribution is -2.38. The number of hydrogen-bond donors (Lipinski definition) is 1. The Hall–Kier alpha value is -4.24. The van der Waals surface area contributed by atoms with E-state index in [4.69, 9.17) is 18.9 Å². The summed E-state index contributed by atoms with van der Waals surface area (Å²) >= 11 is 1.44. The van der Waals surface area contributed by atoms with E-state index in [1.165, 1.54) is 18.9 Å². The standard InChI is InChI=1S/C29H27N3O5S/c1-3-24-26(28(34)35-2)27(19-9-7-12-22(15-19)37-21-10-5-4-6-11-21)32-20(18-38-29(32)31-24)16-25(33)30-17-23-13-8-14-36-23/h4-15,18,27H,3,16-17H2,1-2H3,(H,30,33)/t27-/m0/s1. The number of carbonyl (C=O) groups is 2. The van der Waals surface area contributed by atoms with Gasteiger partial charge in [-0.05, 0) is 53.8 Å². The number of ether oxygens (including phenoxy) is 2. The number of allylic oxidation sites excluding steroid dienone is 1. The Labute approximate surface area is 225 Å². The number of nitrogens with zero attached hydrogens (tertiary/aromatic N) is 2. The van der Waals surface area contributed by atoms with Crippen molar-refractivity contribution in [3.05, 3.63) is 107 Å². The first-order valence-electron chi connectivity index (χ1n) is 12.2. The van der Waals surface area contributed by atoms with Crippen molar-refractivity contribution in [1.82, 2.24) is 10.2 Å². The fourth-order valence-electron chi connectivity index (χ4n) is 4.43. The van der Waals surface area contributed by atoms with E-state index in [1.807, 2.05) is 71.8 Å². The van der Waals surface area contributed by atoms with Gasteiger partial charge in [-0.25, -0.2) is 9.79 Å². The summed E-state index contributed by atoms with van der Waals surface area (Å²) in [5.41, 5.74) is 2.66. The molecule has 0 radical (unpaired) electrons. The molecule has 1 aromatic heterocycles. The molecule has 5 rings (SSSR count). The molecule has 9 heteroatoms. The molecular weight excluding hydrogens is 502 g/mol. The Kier molecular flexibility index (Phi) is 7.65. The van der Waals surface area contributed by atoms with E-state index in [2.05, 4.69) is 5.32 Å². The SMILES string of the molecule is CCC1=C(C(=O)OC)[C@H](c2cccc(Oc3ccccc3)c2)N2C(CC(=O)NCc3ccco3)=CSC2=N1. The van der Waals surface area contributed by atoms with Crippen LogP contribution in [0.15, 0.2) is 105 Å². The van der Waals surface area contributed by atoms with Gasteiger partial charge in [0.2, 0.25) is 5.91 Å². The van der Waals surface area contributed by atoms with Gasteiger partial charge in [0.05, 0.1) is 43.7 Å². The second-order valence-corrected chi connectivity index (χ2v) is 9.46. The van der Waals surface area contributed by atoms with Gasteiger partial charge >= 0.3 is 5.97 Å². The number of fused-ring (bicyclic) bond motifs is 1. The van der Waals surface area contributed by atoms with Crippen LogP contribution < -0.4 is 10.1 Å². The lowest BCUT2D eigenvalue weighted by Gasteiger charge is -2.36. The highest BCUT2D eigenvalue weighted by atomic mass is 32.2. The summed E-state index contributed by atoms with van der Waals surface area (Å²) in [6, 6.07) is 20.2. The fraction of sp³-hybridized carbons (Fsp3) is 0.207. The van der Waals surface area contributed by atoms with Crippen molar-refractivity contribution in [3.8, 4) is 11.5 Å². The third-order valence-corrected chi connectivity index (χ3v) is 7.05. The van der Waals surface area contributed by atoms with Gasteiger partial charge in [-0.1, -0.05) is 49.0 Å². The van der Waals surface area contributed by atoms with Crippen molar-refractivity contribution in [2.24, 2.45) is 4.99 Å². The predicted molar refractivity (Wildman–Crippen MR) is 145 cm³/mol. The molecule has 8 nitrogen and oxygen atoms in total. The highest BCUT2D eigenvalue weighted by Gasteiger charge is 2.41. The molecule has 0 spiro atoms. The number of hydrogen-bond acceptors (Lipinski definition) is 8. The van der Waals surface area contributed by atoms with Gasteiger partial charge in [0.1, 0.15) is 17.3 Å². The number of rotatable bonds is 9. The molecule has 2 aliphatic heterocycles. The number of benzene rings is 2. The van der Waals surface area contributed by atoms with Gasteiger partial charge in [0.15, 0.2) is 5.17 Å². The van der Waals surface area contributed by atoms with E-state index in [0.29, 0.717) is 46.7 Å². The molecule has 0 saturated carbocycles. The number of nitrogens with one attached hydrogen (secondary N) is 1. The van der Waals surface area contributed by atoms with E-state index in [-0.39, 0.29) is 12.3 Å². The molecule has 3 heterocycles. The van der Waals surface area contributed by atoms with Gasteiger partial charge in [-0.2, -0.15) is 0 Å². The van der Waals surface area contributed by atoms with Crippen LogP contribution in [0.4, 0.5) is 0 Å². The van der Waals surface area contributed by atoms with Crippen LogP contribution in [0.2, 0.25) is 0 Å². The minimum Gasteiger partial charge on any atom is -0.467 e. The molecule has 1 atom stereocenters. The monoisotopic (exact) mass is 529 g/mol. The first-order chi connectivity index (χ1) is 18.6. The van der Waals surface area contributed by atoms with Crippen molar-refractivity contribution in [1.29, 1.82) is 0 Å². The Bertz CT molecular complexity index is 1410. The van der Waals surface area contributed by atoms with Crippen molar-refractivity contribution in [3.63, 3.8) is 0 Å². The van der Waals surface area contributed by atoms with Crippen molar-refractivity contribution >= 4 is 28.8 Å². The van der Waals surface area contributed by atoms with Crippen LogP contribution in [0, 0.1) is 0 Å². The number of esters is 1. The second kappa shape index (κ2) is 11.4. The van der Waals surface area contributed by atoms with E-state index in [9.17, 15) is 9.59 Å². The second-order valence-electron chi connectivity index (χ2n) is 8.62. The largest absolute Gasteiger partial charge is 0.467 e. The maximum atomic E-state index is 13.1. The highest BCUT2D eigenvalue weighted by Crippen LogP contribution is 2.46. The average Bonchev–Trinajstić information content (AvgIpc) is 3.61. The third kappa shape index (κ3) is 5.38. The molecule has 3 aromatic rings. The summed E-state index contributed by atoms with van der Waals surface area (Å²) in [6.07, 6.45) is 2.23. The van der Waals surface area contributed by atoms with E-state index in [0.717, 1.165) is 11.3 Å². The highest BCUT2D eigenvalue weighted by molar-refractivity contribution is 8.16. The van der Waals surface area contributed by atoms with Crippen molar-refractivity contribution < 1.29 is 23.5 Å². The maximum Gasteiger partial charge on any atom is 0.338 e. The average molecular weight is 530 g/mol. The van der Waals surface area contributed by atoms with Crippen molar-refractivity contribution in [2.75, 3.05) is 7.11 Å². The summed E-state index contributed by atoms with van der Waals surface area (Å²) in [4.78, 5) is 32.7. The summed E-state index contributed by atoms with van der Waals surface area (Å²) in [7, 11) is 1.37. The van der Waals surface area contributed by atoms with Gasteiger partial charge in [-0.15, -0.1) is 0 Å².